The molecule has 0 spiro atoms. The van der Waals surface area contributed by atoms with Crippen molar-refractivity contribution in [2.75, 3.05) is 6.61 Å². The minimum absolute atomic E-state index is 0.347. The molecule has 0 bridgehead atoms. The smallest absolute Gasteiger partial charge is 0.191 e. The average Bonchev–Trinajstić information content (AvgIpc) is 2.12. The Bertz CT molecular complexity index is 182. The zero-order valence-electron chi connectivity index (χ0n) is 12.5. The highest BCUT2D eigenvalue weighted by atomic mass is 28.4. The highest BCUT2D eigenvalue weighted by Gasteiger charge is 2.36. The normalized spacial score (nSPS) is 15.2. The second kappa shape index (κ2) is 6.80. The van der Waals surface area contributed by atoms with Gasteiger partial charge in [-0.3, -0.25) is 0 Å². The van der Waals surface area contributed by atoms with E-state index in [-0.39, 0.29) is 0 Å². The summed E-state index contributed by atoms with van der Waals surface area (Å²) in [5.74, 6) is 0.824. The second-order valence-corrected chi connectivity index (χ2v) is 11.5. The van der Waals surface area contributed by atoms with Crippen LogP contribution in [0.3, 0.4) is 0 Å². The highest BCUT2D eigenvalue weighted by molar-refractivity contribution is 6.74. The van der Waals surface area contributed by atoms with Crippen molar-refractivity contribution in [1.29, 1.82) is 0 Å². The minimum Gasteiger partial charge on any atom is -0.417 e. The lowest BCUT2D eigenvalue weighted by molar-refractivity contribution is 0.255. The SMILES string of the molecule is CCCC[C@H](C)CCO[Si](C)(C)C(C)(C)C. The van der Waals surface area contributed by atoms with Gasteiger partial charge in [0.2, 0.25) is 0 Å². The molecule has 0 rings (SSSR count). The summed E-state index contributed by atoms with van der Waals surface area (Å²) in [5, 5.41) is 0.347. The van der Waals surface area contributed by atoms with Gasteiger partial charge in [-0.15, -0.1) is 0 Å². The van der Waals surface area contributed by atoms with Gasteiger partial charge in [-0.25, -0.2) is 0 Å². The zero-order valence-corrected chi connectivity index (χ0v) is 13.5. The first-order chi connectivity index (χ1) is 7.20. The number of hydrogen-bond acceptors (Lipinski definition) is 1. The Morgan fingerprint density at radius 3 is 2.12 bits per heavy atom. The third kappa shape index (κ3) is 6.05. The number of rotatable bonds is 7. The fraction of sp³-hybridized carbons (Fsp3) is 1.00. The summed E-state index contributed by atoms with van der Waals surface area (Å²) in [6.07, 6.45) is 5.26. The molecule has 0 saturated heterocycles. The fourth-order valence-electron chi connectivity index (χ4n) is 1.43. The van der Waals surface area contributed by atoms with E-state index in [0.717, 1.165) is 12.5 Å². The van der Waals surface area contributed by atoms with E-state index in [1.165, 1.54) is 25.7 Å². The van der Waals surface area contributed by atoms with Crippen LogP contribution < -0.4 is 0 Å². The van der Waals surface area contributed by atoms with Crippen LogP contribution >= 0.6 is 0 Å². The summed E-state index contributed by atoms with van der Waals surface area (Å²) in [7, 11) is -1.50. The third-order valence-corrected chi connectivity index (χ3v) is 8.47. The van der Waals surface area contributed by atoms with Gasteiger partial charge in [0.25, 0.3) is 0 Å². The molecule has 0 aliphatic rings. The number of hydrogen-bond donors (Lipinski definition) is 0. The summed E-state index contributed by atoms with van der Waals surface area (Å²) in [4.78, 5) is 0. The summed E-state index contributed by atoms with van der Waals surface area (Å²) < 4.78 is 6.18. The van der Waals surface area contributed by atoms with Crippen LogP contribution in [-0.2, 0) is 4.43 Å². The van der Waals surface area contributed by atoms with E-state index in [9.17, 15) is 0 Å². The van der Waals surface area contributed by atoms with Gasteiger partial charge in [0.05, 0.1) is 0 Å². The Morgan fingerprint density at radius 1 is 1.12 bits per heavy atom. The van der Waals surface area contributed by atoms with Gasteiger partial charge in [-0.05, 0) is 30.5 Å². The molecule has 0 radical (unpaired) electrons. The van der Waals surface area contributed by atoms with Gasteiger partial charge in [-0.1, -0.05) is 53.9 Å². The lowest BCUT2D eigenvalue weighted by Crippen LogP contribution is -2.41. The largest absolute Gasteiger partial charge is 0.417 e. The third-order valence-electron chi connectivity index (χ3n) is 3.93. The first-order valence-corrected chi connectivity index (χ1v) is 9.75. The number of unbranched alkanes of at least 4 members (excludes halogenated alkanes) is 1. The molecule has 98 valence electrons. The summed E-state index contributed by atoms with van der Waals surface area (Å²) in [6.45, 7) is 17.2. The van der Waals surface area contributed by atoms with Crippen LogP contribution in [-0.4, -0.2) is 14.9 Å². The Labute approximate surface area is 104 Å². The molecular weight excluding hydrogens is 212 g/mol. The van der Waals surface area contributed by atoms with Crippen molar-refractivity contribution in [2.45, 2.75) is 78.4 Å². The molecule has 0 aromatic carbocycles. The van der Waals surface area contributed by atoms with Crippen molar-refractivity contribution < 1.29 is 4.43 Å². The molecule has 2 heteroatoms. The molecule has 0 N–H and O–H groups in total. The van der Waals surface area contributed by atoms with Gasteiger partial charge in [0.1, 0.15) is 0 Å². The Balaban J connectivity index is 3.81. The lowest BCUT2D eigenvalue weighted by Gasteiger charge is -2.36. The highest BCUT2D eigenvalue weighted by Crippen LogP contribution is 2.36. The molecule has 0 aliphatic heterocycles. The van der Waals surface area contributed by atoms with Gasteiger partial charge in [0, 0.05) is 6.61 Å². The Morgan fingerprint density at radius 2 is 1.69 bits per heavy atom. The van der Waals surface area contributed by atoms with Crippen LogP contribution in [0.1, 0.15) is 60.3 Å². The van der Waals surface area contributed by atoms with E-state index in [4.69, 9.17) is 4.43 Å². The molecule has 0 amide bonds. The molecule has 0 aliphatic carbocycles. The summed E-state index contributed by atoms with van der Waals surface area (Å²) in [6, 6.07) is 0. The van der Waals surface area contributed by atoms with Gasteiger partial charge < -0.3 is 4.43 Å². The first-order valence-electron chi connectivity index (χ1n) is 6.84. The molecule has 0 aromatic heterocycles. The van der Waals surface area contributed by atoms with Crippen LogP contribution in [0.5, 0.6) is 0 Å². The van der Waals surface area contributed by atoms with E-state index in [1.54, 1.807) is 0 Å². The standard InChI is InChI=1S/C14H32OSi/c1-8-9-10-13(2)11-12-15-16(6,7)14(3,4)5/h13H,8-12H2,1-7H3/t13-/m0/s1. The van der Waals surface area contributed by atoms with Gasteiger partial charge in [-0.2, -0.15) is 0 Å². The molecule has 0 saturated carbocycles. The van der Waals surface area contributed by atoms with Crippen LogP contribution in [0.15, 0.2) is 0 Å². The monoisotopic (exact) mass is 244 g/mol. The van der Waals surface area contributed by atoms with E-state index >= 15 is 0 Å². The molecule has 0 heterocycles. The second-order valence-electron chi connectivity index (χ2n) is 6.64. The zero-order chi connectivity index (χ0) is 12.8. The van der Waals surface area contributed by atoms with E-state index in [2.05, 4.69) is 47.7 Å². The van der Waals surface area contributed by atoms with Crippen molar-refractivity contribution in [3.63, 3.8) is 0 Å². The molecule has 0 unspecified atom stereocenters. The van der Waals surface area contributed by atoms with Crippen LogP contribution in [0.25, 0.3) is 0 Å². The van der Waals surface area contributed by atoms with Crippen molar-refractivity contribution in [3.05, 3.63) is 0 Å². The Hall–Kier alpha value is 0.177. The molecular formula is C14H32OSi. The van der Waals surface area contributed by atoms with Crippen molar-refractivity contribution in [2.24, 2.45) is 5.92 Å². The predicted molar refractivity (Wildman–Crippen MR) is 76.5 cm³/mol. The molecule has 1 atom stereocenters. The van der Waals surface area contributed by atoms with E-state index in [1.807, 2.05) is 0 Å². The molecule has 0 aromatic rings. The van der Waals surface area contributed by atoms with Crippen LogP contribution in [0.4, 0.5) is 0 Å². The predicted octanol–water partition coefficient (Wildman–Crippen LogP) is 5.22. The van der Waals surface area contributed by atoms with Crippen LogP contribution in [0.2, 0.25) is 18.1 Å². The molecule has 0 fully saturated rings. The van der Waals surface area contributed by atoms with Gasteiger partial charge in [0.15, 0.2) is 8.32 Å². The summed E-state index contributed by atoms with van der Waals surface area (Å²) >= 11 is 0. The van der Waals surface area contributed by atoms with Crippen molar-refractivity contribution in [1.82, 2.24) is 0 Å². The summed E-state index contributed by atoms with van der Waals surface area (Å²) in [5.41, 5.74) is 0. The van der Waals surface area contributed by atoms with Crippen LogP contribution in [0, 0.1) is 5.92 Å². The van der Waals surface area contributed by atoms with E-state index < -0.39 is 8.32 Å². The first kappa shape index (κ1) is 16.2. The maximum absolute atomic E-state index is 6.18. The average molecular weight is 244 g/mol. The van der Waals surface area contributed by atoms with Crippen molar-refractivity contribution in [3.8, 4) is 0 Å². The fourth-order valence-corrected chi connectivity index (χ4v) is 2.49. The topological polar surface area (TPSA) is 9.23 Å². The maximum atomic E-state index is 6.18. The quantitative estimate of drug-likeness (QED) is 0.558. The van der Waals surface area contributed by atoms with Gasteiger partial charge >= 0.3 is 0 Å². The molecule has 1 nitrogen and oxygen atoms in total. The maximum Gasteiger partial charge on any atom is 0.191 e. The lowest BCUT2D eigenvalue weighted by atomic mass is 10.0. The van der Waals surface area contributed by atoms with Crippen molar-refractivity contribution >= 4 is 8.32 Å². The molecule has 16 heavy (non-hydrogen) atoms. The Kier molecular flexibility index (Phi) is 6.88. The van der Waals surface area contributed by atoms with E-state index in [0.29, 0.717) is 5.04 Å². The minimum atomic E-state index is -1.50.